The van der Waals surface area contributed by atoms with Gasteiger partial charge in [0.1, 0.15) is 0 Å². The number of rotatable bonds is 0. The van der Waals surface area contributed by atoms with E-state index in [0.717, 1.165) is 0 Å². The van der Waals surface area contributed by atoms with Crippen molar-refractivity contribution in [3.8, 4) is 0 Å². The summed E-state index contributed by atoms with van der Waals surface area (Å²) in [5.41, 5.74) is 0. The summed E-state index contributed by atoms with van der Waals surface area (Å²) in [7, 11) is 0. The van der Waals surface area contributed by atoms with Crippen molar-refractivity contribution in [2.24, 2.45) is 0 Å². The molecule has 0 aromatic carbocycles. The molecular formula is H5Cl5MoO3. The molecule has 0 N–H and O–H groups in total. The molecule has 0 heterocycles. The maximum absolute atomic E-state index is 8.59. The average Bonchev–Trinajstić information content (AvgIpc) is 0.811. The average molecular weight is 326 g/mol. The van der Waals surface area contributed by atoms with E-state index in [4.69, 9.17) is 10.2 Å². The molecule has 0 radical (unpaired) electrons. The molecule has 0 amide bonds. The van der Waals surface area contributed by atoms with Gasteiger partial charge in [0.2, 0.25) is 0 Å². The first kappa shape index (κ1) is 46.6. The Morgan fingerprint density at radius 2 is 0.556 bits per heavy atom. The van der Waals surface area contributed by atoms with Crippen LogP contribution in [0.5, 0.6) is 0 Å². The van der Waals surface area contributed by atoms with Crippen molar-refractivity contribution >= 4 is 62.0 Å². The van der Waals surface area contributed by atoms with Gasteiger partial charge in [-0.25, -0.2) is 0 Å². The van der Waals surface area contributed by atoms with Crippen molar-refractivity contribution in [3.63, 3.8) is 0 Å². The summed E-state index contributed by atoms with van der Waals surface area (Å²) >= 11 is -4.11. The molecule has 3 nitrogen and oxygen atoms in total. The number of halogens is 5. The van der Waals surface area contributed by atoms with Crippen molar-refractivity contribution in [2.75, 3.05) is 0 Å². The van der Waals surface area contributed by atoms with Gasteiger partial charge in [0.05, 0.1) is 0 Å². The van der Waals surface area contributed by atoms with Crippen LogP contribution in [0.15, 0.2) is 0 Å². The fourth-order valence-corrected chi connectivity index (χ4v) is 0. The monoisotopic (exact) mass is 326 g/mol. The van der Waals surface area contributed by atoms with Crippen LogP contribution >= 0.6 is 62.0 Å². The second kappa shape index (κ2) is 33.8. The first-order valence-corrected chi connectivity index (χ1v) is 2.96. The van der Waals surface area contributed by atoms with E-state index in [2.05, 4.69) is 0 Å². The Labute approximate surface area is 88.9 Å². The van der Waals surface area contributed by atoms with E-state index in [-0.39, 0.29) is 62.0 Å². The van der Waals surface area contributed by atoms with Crippen LogP contribution in [0.1, 0.15) is 0 Å². The minimum atomic E-state index is -4.11. The standard InChI is InChI=1S/5ClH.Mo.3O/h5*1H;;;;. The van der Waals surface area contributed by atoms with Crippen molar-refractivity contribution in [1.29, 1.82) is 0 Å². The van der Waals surface area contributed by atoms with Gasteiger partial charge in [-0.2, -0.15) is 0 Å². The topological polar surface area (TPSA) is 51.2 Å². The van der Waals surface area contributed by atoms with Gasteiger partial charge in [-0.3, -0.25) is 0 Å². The van der Waals surface area contributed by atoms with E-state index in [1.54, 1.807) is 0 Å². The van der Waals surface area contributed by atoms with Gasteiger partial charge in [-0.1, -0.05) is 0 Å². The molecule has 0 bridgehead atoms. The van der Waals surface area contributed by atoms with Gasteiger partial charge >= 0.3 is 27.4 Å². The third-order valence-corrected chi connectivity index (χ3v) is 0. The molecule has 0 atom stereocenters. The zero-order valence-electron chi connectivity index (χ0n) is 3.67. The van der Waals surface area contributed by atoms with E-state index in [9.17, 15) is 0 Å². The van der Waals surface area contributed by atoms with Gasteiger partial charge in [-0.05, 0) is 0 Å². The minimum absolute atomic E-state index is 0. The molecule has 64 valence electrons. The van der Waals surface area contributed by atoms with Gasteiger partial charge < -0.3 is 0 Å². The van der Waals surface area contributed by atoms with Crippen LogP contribution in [-0.2, 0) is 27.4 Å². The Kier molecular flexibility index (Phi) is 175. The molecule has 0 saturated carbocycles. The van der Waals surface area contributed by atoms with E-state index < -0.39 is 17.2 Å². The Morgan fingerprint density at radius 3 is 0.556 bits per heavy atom. The summed E-state index contributed by atoms with van der Waals surface area (Å²) in [6.45, 7) is 0. The van der Waals surface area contributed by atoms with Crippen molar-refractivity contribution in [3.05, 3.63) is 0 Å². The zero-order chi connectivity index (χ0) is 3.58. The van der Waals surface area contributed by atoms with Gasteiger partial charge in [0, 0.05) is 0 Å². The second-order valence-corrected chi connectivity index (χ2v) is 1.21. The SMILES string of the molecule is Cl.Cl.Cl.Cl.Cl.[O]=[Mo](=[O])=[O]. The number of hydrogen-bond acceptors (Lipinski definition) is 3. The van der Waals surface area contributed by atoms with E-state index in [1.807, 2.05) is 0 Å². The normalized spacial score (nSPS) is 2.67. The zero-order valence-corrected chi connectivity index (χ0v) is 9.76. The summed E-state index contributed by atoms with van der Waals surface area (Å²) in [6, 6.07) is 0. The quantitative estimate of drug-likeness (QED) is 0.637. The van der Waals surface area contributed by atoms with Crippen LogP contribution < -0.4 is 0 Å². The summed E-state index contributed by atoms with van der Waals surface area (Å²) in [4.78, 5) is 0. The molecular weight excluding hydrogens is 321 g/mol. The van der Waals surface area contributed by atoms with E-state index in [0.29, 0.717) is 0 Å². The van der Waals surface area contributed by atoms with Crippen molar-refractivity contribution < 1.29 is 27.4 Å². The van der Waals surface area contributed by atoms with Crippen molar-refractivity contribution in [2.45, 2.75) is 0 Å². The van der Waals surface area contributed by atoms with Crippen LogP contribution in [0.2, 0.25) is 0 Å². The predicted molar refractivity (Wildman–Crippen MR) is 38.3 cm³/mol. The first-order valence-electron chi connectivity index (χ1n) is 0.500. The molecule has 0 saturated heterocycles. The Hall–Kier alpha value is 1.54. The molecule has 0 aliphatic carbocycles. The summed E-state index contributed by atoms with van der Waals surface area (Å²) in [5.74, 6) is 0. The van der Waals surface area contributed by atoms with Crippen LogP contribution in [-0.4, -0.2) is 0 Å². The van der Waals surface area contributed by atoms with E-state index >= 15 is 0 Å². The molecule has 0 spiro atoms. The summed E-state index contributed by atoms with van der Waals surface area (Å²) in [6.07, 6.45) is 0. The summed E-state index contributed by atoms with van der Waals surface area (Å²) < 4.78 is 25.8. The Balaban J connectivity index is -0.00000000450. The molecule has 0 fully saturated rings. The van der Waals surface area contributed by atoms with Crippen LogP contribution in [0, 0.1) is 0 Å². The number of hydrogen-bond donors (Lipinski definition) is 0. The maximum atomic E-state index is 8.59. The Morgan fingerprint density at radius 1 is 0.556 bits per heavy atom. The first-order chi connectivity index (χ1) is 1.73. The van der Waals surface area contributed by atoms with E-state index in [1.165, 1.54) is 0 Å². The van der Waals surface area contributed by atoms with Gasteiger partial charge in [0.25, 0.3) is 0 Å². The fourth-order valence-electron chi connectivity index (χ4n) is 0. The third kappa shape index (κ3) is 229. The molecule has 0 unspecified atom stereocenters. The van der Waals surface area contributed by atoms with Crippen LogP contribution in [0.3, 0.4) is 0 Å². The molecule has 0 rings (SSSR count). The van der Waals surface area contributed by atoms with Crippen molar-refractivity contribution in [1.82, 2.24) is 0 Å². The fraction of sp³-hybridized carbons (Fsp3) is 0. The van der Waals surface area contributed by atoms with Crippen LogP contribution in [0.4, 0.5) is 0 Å². The van der Waals surface area contributed by atoms with Gasteiger partial charge in [-0.15, -0.1) is 62.0 Å². The molecule has 0 aromatic rings. The van der Waals surface area contributed by atoms with Crippen LogP contribution in [0.25, 0.3) is 0 Å². The molecule has 9 heavy (non-hydrogen) atoms. The third-order valence-electron chi connectivity index (χ3n) is 0. The van der Waals surface area contributed by atoms with Gasteiger partial charge in [0.15, 0.2) is 0 Å². The molecule has 9 heteroatoms. The summed E-state index contributed by atoms with van der Waals surface area (Å²) in [5, 5.41) is 0. The Bertz CT molecular complexity index is 81.6. The predicted octanol–water partition coefficient (Wildman–Crippen LogP) is 1.75. The second-order valence-electron chi connectivity index (χ2n) is 0.204. The molecule has 0 aromatic heterocycles. The molecule has 0 aliphatic rings. The molecule has 0 aliphatic heterocycles.